The fourth-order valence-corrected chi connectivity index (χ4v) is 4.94. The van der Waals surface area contributed by atoms with E-state index in [2.05, 4.69) is 24.3 Å². The lowest BCUT2D eigenvalue weighted by atomic mass is 10.2. The van der Waals surface area contributed by atoms with Crippen LogP contribution in [0.4, 0.5) is 4.39 Å². The van der Waals surface area contributed by atoms with Gasteiger partial charge in [-0.05, 0) is 30.7 Å². The van der Waals surface area contributed by atoms with E-state index in [1.807, 2.05) is 42.5 Å². The molecule has 3 aromatic rings. The lowest BCUT2D eigenvalue weighted by Crippen LogP contribution is -2.13. The number of halogens is 1. The molecule has 0 unspecified atom stereocenters. The summed E-state index contributed by atoms with van der Waals surface area (Å²) in [5.74, 6) is 0.410. The molecule has 0 bridgehead atoms. The van der Waals surface area contributed by atoms with Gasteiger partial charge in [-0.1, -0.05) is 66.7 Å². The molecule has 3 heteroatoms. The van der Waals surface area contributed by atoms with Crippen LogP contribution in [0.15, 0.2) is 78.9 Å². The van der Waals surface area contributed by atoms with Crippen LogP contribution in [0.3, 0.4) is 0 Å². The van der Waals surface area contributed by atoms with Gasteiger partial charge in [-0.2, -0.15) is 0 Å². The van der Waals surface area contributed by atoms with Crippen LogP contribution < -0.4 is 15.3 Å². The molecule has 23 heavy (non-hydrogen) atoms. The minimum Gasteiger partial charge on any atom is -0.496 e. The molecule has 0 saturated carbocycles. The van der Waals surface area contributed by atoms with Gasteiger partial charge in [0.2, 0.25) is 0 Å². The number of methoxy groups -OCH3 is 1. The van der Waals surface area contributed by atoms with Crippen molar-refractivity contribution in [1.29, 1.82) is 0 Å². The Hall–Kier alpha value is -2.18. The highest BCUT2D eigenvalue weighted by atomic mass is 31.1. The Bertz CT molecular complexity index is 720. The fraction of sp³-hybridized carbons (Fsp3) is 0.100. The molecule has 0 radical (unpaired) electrons. The Balaban J connectivity index is 2.04. The maximum absolute atomic E-state index is 14.4. The van der Waals surface area contributed by atoms with E-state index in [9.17, 15) is 4.39 Å². The van der Waals surface area contributed by atoms with Crippen LogP contribution in [0.1, 0.15) is 5.56 Å². The zero-order chi connectivity index (χ0) is 16.1. The SMILES string of the molecule is COc1cccc(F)c1CP(c1ccccc1)c1ccccc1. The number of hydrogen-bond donors (Lipinski definition) is 0. The zero-order valence-corrected chi connectivity index (χ0v) is 13.8. The zero-order valence-electron chi connectivity index (χ0n) is 12.9. The van der Waals surface area contributed by atoms with Crippen LogP contribution >= 0.6 is 7.92 Å². The normalized spacial score (nSPS) is 10.7. The highest BCUT2D eigenvalue weighted by molar-refractivity contribution is 7.72. The number of benzene rings is 3. The number of rotatable bonds is 5. The van der Waals surface area contributed by atoms with Crippen LogP contribution in [0.25, 0.3) is 0 Å². The van der Waals surface area contributed by atoms with Gasteiger partial charge >= 0.3 is 0 Å². The molecule has 0 fully saturated rings. The lowest BCUT2D eigenvalue weighted by Gasteiger charge is -2.20. The Kier molecular flexibility index (Phi) is 5.05. The summed E-state index contributed by atoms with van der Waals surface area (Å²) in [6, 6.07) is 25.6. The Morgan fingerprint density at radius 3 is 1.87 bits per heavy atom. The monoisotopic (exact) mass is 324 g/mol. The second-order valence-corrected chi connectivity index (χ2v) is 7.38. The molecule has 0 saturated heterocycles. The van der Waals surface area contributed by atoms with Crippen molar-refractivity contribution < 1.29 is 9.13 Å². The van der Waals surface area contributed by atoms with E-state index in [1.54, 1.807) is 13.2 Å². The van der Waals surface area contributed by atoms with E-state index >= 15 is 0 Å². The summed E-state index contributed by atoms with van der Waals surface area (Å²) < 4.78 is 19.7. The van der Waals surface area contributed by atoms with Gasteiger partial charge in [0.1, 0.15) is 11.6 Å². The molecular formula is C20H18FOP. The standard InChI is InChI=1S/C20H18FOP/c1-22-20-14-8-13-19(21)18(20)15-23(16-9-4-2-5-10-16)17-11-6-3-7-12-17/h2-14H,15H2,1H3. The molecule has 3 aromatic carbocycles. The highest BCUT2D eigenvalue weighted by Gasteiger charge is 2.19. The molecular weight excluding hydrogens is 306 g/mol. The minimum atomic E-state index is -0.685. The second-order valence-electron chi connectivity index (χ2n) is 5.18. The fourth-order valence-electron chi connectivity index (χ4n) is 2.59. The molecule has 0 heterocycles. The molecule has 0 amide bonds. The second kappa shape index (κ2) is 7.39. The Morgan fingerprint density at radius 2 is 1.35 bits per heavy atom. The molecule has 3 rings (SSSR count). The number of ether oxygens (including phenoxy) is 1. The third-order valence-corrected chi connectivity index (χ3v) is 6.22. The minimum absolute atomic E-state index is 0.205. The summed E-state index contributed by atoms with van der Waals surface area (Å²) in [5.41, 5.74) is 0.647. The molecule has 0 aromatic heterocycles. The largest absolute Gasteiger partial charge is 0.496 e. The predicted octanol–water partition coefficient (Wildman–Crippen LogP) is 4.47. The summed E-state index contributed by atoms with van der Waals surface area (Å²) in [6.07, 6.45) is 0.624. The molecule has 0 atom stereocenters. The van der Waals surface area contributed by atoms with E-state index in [4.69, 9.17) is 4.74 Å². The quantitative estimate of drug-likeness (QED) is 0.629. The number of hydrogen-bond acceptors (Lipinski definition) is 1. The highest BCUT2D eigenvalue weighted by Crippen LogP contribution is 2.41. The average Bonchev–Trinajstić information content (AvgIpc) is 2.62. The molecule has 0 aliphatic heterocycles. The van der Waals surface area contributed by atoms with Gasteiger partial charge in [0.05, 0.1) is 7.11 Å². The van der Waals surface area contributed by atoms with Crippen molar-refractivity contribution >= 4 is 18.5 Å². The maximum Gasteiger partial charge on any atom is 0.130 e. The first kappa shape index (κ1) is 15.7. The van der Waals surface area contributed by atoms with Gasteiger partial charge in [0.25, 0.3) is 0 Å². The van der Waals surface area contributed by atoms with Crippen molar-refractivity contribution in [2.45, 2.75) is 6.16 Å². The van der Waals surface area contributed by atoms with Crippen molar-refractivity contribution in [2.75, 3.05) is 7.11 Å². The summed E-state index contributed by atoms with van der Waals surface area (Å²) in [4.78, 5) is 0. The third kappa shape index (κ3) is 3.60. The van der Waals surface area contributed by atoms with Gasteiger partial charge < -0.3 is 4.74 Å². The van der Waals surface area contributed by atoms with Crippen molar-refractivity contribution in [3.8, 4) is 5.75 Å². The van der Waals surface area contributed by atoms with Crippen LogP contribution in [0.5, 0.6) is 5.75 Å². The molecule has 116 valence electrons. The van der Waals surface area contributed by atoms with E-state index in [0.717, 1.165) is 0 Å². The van der Waals surface area contributed by atoms with Gasteiger partial charge in [0.15, 0.2) is 0 Å². The van der Waals surface area contributed by atoms with E-state index in [-0.39, 0.29) is 5.82 Å². The molecule has 0 aliphatic carbocycles. The van der Waals surface area contributed by atoms with Crippen molar-refractivity contribution in [3.63, 3.8) is 0 Å². The van der Waals surface area contributed by atoms with E-state index in [0.29, 0.717) is 17.5 Å². The van der Waals surface area contributed by atoms with Crippen molar-refractivity contribution in [1.82, 2.24) is 0 Å². The first-order valence-corrected chi connectivity index (χ1v) is 9.01. The summed E-state index contributed by atoms with van der Waals surface area (Å²) in [6.45, 7) is 0. The summed E-state index contributed by atoms with van der Waals surface area (Å²) in [5, 5.41) is 2.47. The smallest absolute Gasteiger partial charge is 0.130 e. The van der Waals surface area contributed by atoms with Crippen LogP contribution in [0.2, 0.25) is 0 Å². The van der Waals surface area contributed by atoms with Gasteiger partial charge in [0, 0.05) is 11.7 Å². The molecule has 1 nitrogen and oxygen atoms in total. The first-order chi connectivity index (χ1) is 11.3. The molecule has 0 spiro atoms. The lowest BCUT2D eigenvalue weighted by molar-refractivity contribution is 0.406. The molecule has 0 N–H and O–H groups in total. The van der Waals surface area contributed by atoms with Crippen molar-refractivity contribution in [2.24, 2.45) is 0 Å². The van der Waals surface area contributed by atoms with Crippen LogP contribution in [-0.4, -0.2) is 7.11 Å². The van der Waals surface area contributed by atoms with E-state index in [1.165, 1.54) is 16.7 Å². The third-order valence-electron chi connectivity index (χ3n) is 3.75. The summed E-state index contributed by atoms with van der Waals surface area (Å²) in [7, 11) is 0.904. The van der Waals surface area contributed by atoms with Gasteiger partial charge in [-0.3, -0.25) is 0 Å². The molecule has 0 aliphatic rings. The average molecular weight is 324 g/mol. The predicted molar refractivity (Wildman–Crippen MR) is 95.7 cm³/mol. The topological polar surface area (TPSA) is 9.23 Å². The Morgan fingerprint density at radius 1 is 0.783 bits per heavy atom. The van der Waals surface area contributed by atoms with E-state index < -0.39 is 7.92 Å². The van der Waals surface area contributed by atoms with Crippen LogP contribution in [-0.2, 0) is 6.16 Å². The first-order valence-electron chi connectivity index (χ1n) is 7.48. The maximum atomic E-state index is 14.4. The van der Waals surface area contributed by atoms with Gasteiger partial charge in [-0.25, -0.2) is 4.39 Å². The van der Waals surface area contributed by atoms with Crippen LogP contribution in [0, 0.1) is 5.82 Å². The van der Waals surface area contributed by atoms with Crippen molar-refractivity contribution in [3.05, 3.63) is 90.2 Å². The van der Waals surface area contributed by atoms with Gasteiger partial charge in [-0.15, -0.1) is 0 Å². The summed E-state index contributed by atoms with van der Waals surface area (Å²) >= 11 is 0. The Labute approximate surface area is 137 Å².